The molecule has 94 valence electrons. The number of amides is 1. The number of nitrogens with one attached hydrogen (secondary N) is 2. The van der Waals surface area contributed by atoms with Gasteiger partial charge in [-0.05, 0) is 39.7 Å². The maximum Gasteiger partial charge on any atom is 0.237 e. The lowest BCUT2D eigenvalue weighted by molar-refractivity contribution is -0.123. The molecule has 0 aromatic carbocycles. The molecule has 1 fully saturated rings. The largest absolute Gasteiger partial charge is 0.353 e. The zero-order valence-corrected chi connectivity index (χ0v) is 10.9. The van der Waals surface area contributed by atoms with E-state index in [4.69, 9.17) is 0 Å². The van der Waals surface area contributed by atoms with Crippen LogP contribution >= 0.6 is 0 Å². The molecule has 16 heavy (non-hydrogen) atoms. The summed E-state index contributed by atoms with van der Waals surface area (Å²) in [7, 11) is 0. The van der Waals surface area contributed by atoms with Gasteiger partial charge in [0.15, 0.2) is 0 Å². The van der Waals surface area contributed by atoms with Crippen molar-refractivity contribution < 1.29 is 4.79 Å². The highest BCUT2D eigenvalue weighted by atomic mass is 16.2. The number of hydrogen-bond acceptors (Lipinski definition) is 2. The molecule has 1 atom stereocenters. The van der Waals surface area contributed by atoms with Crippen molar-refractivity contribution in [2.24, 2.45) is 5.92 Å². The lowest BCUT2D eigenvalue weighted by Gasteiger charge is -2.17. The average Bonchev–Trinajstić information content (AvgIpc) is 2.69. The molecule has 1 aliphatic rings. The van der Waals surface area contributed by atoms with Crippen molar-refractivity contribution >= 4 is 5.91 Å². The van der Waals surface area contributed by atoms with Crippen LogP contribution in [0.15, 0.2) is 0 Å². The molecule has 3 heteroatoms. The van der Waals surface area contributed by atoms with Crippen LogP contribution in [0.5, 0.6) is 0 Å². The highest BCUT2D eigenvalue weighted by Gasteiger charge is 2.16. The van der Waals surface area contributed by atoms with Gasteiger partial charge in [-0.1, -0.05) is 25.7 Å². The van der Waals surface area contributed by atoms with Crippen molar-refractivity contribution in [1.82, 2.24) is 10.6 Å². The van der Waals surface area contributed by atoms with Crippen LogP contribution in [0.25, 0.3) is 0 Å². The maximum absolute atomic E-state index is 11.6. The minimum Gasteiger partial charge on any atom is -0.353 e. The van der Waals surface area contributed by atoms with Gasteiger partial charge in [-0.25, -0.2) is 0 Å². The van der Waals surface area contributed by atoms with Crippen molar-refractivity contribution in [2.45, 2.75) is 65.0 Å². The summed E-state index contributed by atoms with van der Waals surface area (Å²) in [5.74, 6) is 1.01. The second-order valence-corrected chi connectivity index (χ2v) is 5.28. The average molecular weight is 226 g/mol. The molecule has 3 nitrogen and oxygen atoms in total. The van der Waals surface area contributed by atoms with Gasteiger partial charge in [0.2, 0.25) is 5.91 Å². The van der Waals surface area contributed by atoms with E-state index in [0.717, 1.165) is 12.5 Å². The fourth-order valence-electron chi connectivity index (χ4n) is 2.31. The van der Waals surface area contributed by atoms with Crippen LogP contribution in [-0.2, 0) is 4.79 Å². The number of hydrogen-bond donors (Lipinski definition) is 2. The summed E-state index contributed by atoms with van der Waals surface area (Å²) < 4.78 is 0. The summed E-state index contributed by atoms with van der Waals surface area (Å²) in [5, 5.41) is 6.22. The molecular weight excluding hydrogens is 200 g/mol. The van der Waals surface area contributed by atoms with Crippen LogP contribution in [0, 0.1) is 5.92 Å². The van der Waals surface area contributed by atoms with Gasteiger partial charge in [0, 0.05) is 6.04 Å². The van der Waals surface area contributed by atoms with E-state index in [1.807, 2.05) is 20.8 Å². The Hall–Kier alpha value is -0.570. The summed E-state index contributed by atoms with van der Waals surface area (Å²) in [6, 6.07) is 0.162. The van der Waals surface area contributed by atoms with Gasteiger partial charge in [0.25, 0.3) is 0 Å². The first-order valence-electron chi connectivity index (χ1n) is 6.63. The molecular formula is C13H26N2O. The molecule has 1 rings (SSSR count). The molecule has 1 aliphatic carbocycles. The van der Waals surface area contributed by atoms with Crippen LogP contribution in [0.3, 0.4) is 0 Å². The van der Waals surface area contributed by atoms with E-state index in [9.17, 15) is 4.79 Å². The Balaban J connectivity index is 2.09. The zero-order valence-electron chi connectivity index (χ0n) is 10.9. The third-order valence-electron chi connectivity index (χ3n) is 3.30. The predicted octanol–water partition coefficient (Wildman–Crippen LogP) is 2.07. The Morgan fingerprint density at radius 3 is 2.44 bits per heavy atom. The standard InChI is InChI=1S/C13H26N2O/c1-10(2)15-13(16)11(3)14-9-8-12-6-4-5-7-12/h10-12,14H,4-9H2,1-3H3,(H,15,16). The van der Waals surface area contributed by atoms with Crippen molar-refractivity contribution in [3.63, 3.8) is 0 Å². The Morgan fingerprint density at radius 1 is 1.25 bits per heavy atom. The second kappa shape index (κ2) is 6.89. The normalized spacial score (nSPS) is 19.0. The fourth-order valence-corrected chi connectivity index (χ4v) is 2.31. The summed E-state index contributed by atoms with van der Waals surface area (Å²) in [4.78, 5) is 11.6. The van der Waals surface area contributed by atoms with Gasteiger partial charge < -0.3 is 10.6 Å². The van der Waals surface area contributed by atoms with Gasteiger partial charge in [-0.2, -0.15) is 0 Å². The highest BCUT2D eigenvalue weighted by Crippen LogP contribution is 2.26. The molecule has 0 aromatic heterocycles. The summed E-state index contributed by atoms with van der Waals surface area (Å²) in [6.45, 7) is 6.88. The van der Waals surface area contributed by atoms with Crippen LogP contribution in [-0.4, -0.2) is 24.5 Å². The Morgan fingerprint density at radius 2 is 1.88 bits per heavy atom. The first-order chi connectivity index (χ1) is 7.59. The molecule has 0 saturated heterocycles. The van der Waals surface area contributed by atoms with Crippen LogP contribution < -0.4 is 10.6 Å². The third kappa shape index (κ3) is 4.97. The van der Waals surface area contributed by atoms with Crippen molar-refractivity contribution in [3.8, 4) is 0 Å². The van der Waals surface area contributed by atoms with Crippen LogP contribution in [0.4, 0.5) is 0 Å². The van der Waals surface area contributed by atoms with Gasteiger partial charge in [-0.15, -0.1) is 0 Å². The van der Waals surface area contributed by atoms with E-state index in [-0.39, 0.29) is 18.0 Å². The Bertz CT molecular complexity index is 210. The Labute approximate surface area is 99.4 Å². The van der Waals surface area contributed by atoms with E-state index < -0.39 is 0 Å². The number of carbonyl (C=O) groups excluding carboxylic acids is 1. The van der Waals surface area contributed by atoms with Crippen molar-refractivity contribution in [3.05, 3.63) is 0 Å². The van der Waals surface area contributed by atoms with E-state index in [1.165, 1.54) is 32.1 Å². The van der Waals surface area contributed by atoms with Crippen molar-refractivity contribution in [2.75, 3.05) is 6.54 Å². The SMILES string of the molecule is CC(C)NC(=O)C(C)NCCC1CCCC1. The van der Waals surface area contributed by atoms with Crippen molar-refractivity contribution in [1.29, 1.82) is 0 Å². The lowest BCUT2D eigenvalue weighted by atomic mass is 10.0. The summed E-state index contributed by atoms with van der Waals surface area (Å²) >= 11 is 0. The minimum atomic E-state index is -0.0659. The smallest absolute Gasteiger partial charge is 0.237 e. The predicted molar refractivity (Wildman–Crippen MR) is 67.3 cm³/mol. The topological polar surface area (TPSA) is 41.1 Å². The zero-order chi connectivity index (χ0) is 12.0. The van der Waals surface area contributed by atoms with Gasteiger partial charge in [-0.3, -0.25) is 4.79 Å². The molecule has 0 aliphatic heterocycles. The van der Waals surface area contributed by atoms with E-state index in [1.54, 1.807) is 0 Å². The van der Waals surface area contributed by atoms with E-state index >= 15 is 0 Å². The monoisotopic (exact) mass is 226 g/mol. The van der Waals surface area contributed by atoms with Gasteiger partial charge in [0.05, 0.1) is 6.04 Å². The number of rotatable bonds is 6. The van der Waals surface area contributed by atoms with Gasteiger partial charge >= 0.3 is 0 Å². The molecule has 0 bridgehead atoms. The molecule has 1 saturated carbocycles. The quantitative estimate of drug-likeness (QED) is 0.728. The highest BCUT2D eigenvalue weighted by molar-refractivity contribution is 5.81. The molecule has 0 spiro atoms. The third-order valence-corrected chi connectivity index (χ3v) is 3.30. The molecule has 0 heterocycles. The fraction of sp³-hybridized carbons (Fsp3) is 0.923. The number of carbonyl (C=O) groups is 1. The Kier molecular flexibility index (Phi) is 5.81. The van der Waals surface area contributed by atoms with E-state index in [0.29, 0.717) is 0 Å². The van der Waals surface area contributed by atoms with Crippen LogP contribution in [0.1, 0.15) is 52.9 Å². The molecule has 0 radical (unpaired) electrons. The summed E-state index contributed by atoms with van der Waals surface area (Å²) in [5.41, 5.74) is 0. The van der Waals surface area contributed by atoms with Crippen LogP contribution in [0.2, 0.25) is 0 Å². The van der Waals surface area contributed by atoms with E-state index in [2.05, 4.69) is 10.6 Å². The molecule has 2 N–H and O–H groups in total. The molecule has 1 amide bonds. The first kappa shape index (κ1) is 13.5. The lowest BCUT2D eigenvalue weighted by Crippen LogP contribution is -2.45. The first-order valence-corrected chi connectivity index (χ1v) is 6.63. The second-order valence-electron chi connectivity index (χ2n) is 5.28. The van der Waals surface area contributed by atoms with Gasteiger partial charge in [0.1, 0.15) is 0 Å². The minimum absolute atomic E-state index is 0.0659. The maximum atomic E-state index is 11.6. The molecule has 1 unspecified atom stereocenters. The molecule has 0 aromatic rings. The summed E-state index contributed by atoms with van der Waals surface area (Å²) in [6.07, 6.45) is 6.78.